The molecule has 0 spiro atoms. The molecule has 39 heavy (non-hydrogen) atoms. The Balaban J connectivity index is 1.55. The van der Waals surface area contributed by atoms with Crippen molar-refractivity contribution in [3.63, 3.8) is 0 Å². The van der Waals surface area contributed by atoms with E-state index in [1.807, 2.05) is 42.5 Å². The number of nitrogens with one attached hydrogen (secondary N) is 1. The van der Waals surface area contributed by atoms with E-state index in [0.717, 1.165) is 51.6 Å². The van der Waals surface area contributed by atoms with Crippen molar-refractivity contribution >= 4 is 27.7 Å². The van der Waals surface area contributed by atoms with Gasteiger partial charge in [0.25, 0.3) is 5.91 Å². The monoisotopic (exact) mass is 525 g/mol. The number of H-pyrrole nitrogens is 1. The summed E-state index contributed by atoms with van der Waals surface area (Å²) in [4.78, 5) is 40.7. The van der Waals surface area contributed by atoms with Crippen molar-refractivity contribution in [1.29, 1.82) is 0 Å². The van der Waals surface area contributed by atoms with Gasteiger partial charge in [-0.25, -0.2) is 9.67 Å². The summed E-state index contributed by atoms with van der Waals surface area (Å²) in [7, 11) is 1.94. The second-order valence-corrected chi connectivity index (χ2v) is 10.0. The largest absolute Gasteiger partial charge is 0.378 e. The first kappa shape index (κ1) is 25.0. The smallest absolute Gasteiger partial charge is 0.270 e. The topological polar surface area (TPSA) is 111 Å². The molecular weight excluding hydrogens is 494 g/mol. The third-order valence-corrected chi connectivity index (χ3v) is 7.55. The van der Waals surface area contributed by atoms with Gasteiger partial charge in [-0.05, 0) is 31.9 Å². The molecule has 200 valence electrons. The molecule has 1 N–H and O–H groups in total. The third kappa shape index (κ3) is 4.11. The molecule has 0 aliphatic carbocycles. The van der Waals surface area contributed by atoms with Gasteiger partial charge in [0.15, 0.2) is 11.2 Å². The summed E-state index contributed by atoms with van der Waals surface area (Å²) in [5.74, 6) is 0.674. The lowest BCUT2D eigenvalue weighted by Gasteiger charge is -2.27. The van der Waals surface area contributed by atoms with Crippen LogP contribution in [0.1, 0.15) is 40.8 Å². The van der Waals surface area contributed by atoms with Crippen LogP contribution in [0.25, 0.3) is 38.9 Å². The van der Waals surface area contributed by atoms with Gasteiger partial charge in [-0.15, -0.1) is 0 Å². The average molecular weight is 526 g/mol. The molecule has 1 amide bonds. The van der Waals surface area contributed by atoms with Crippen LogP contribution in [0.3, 0.4) is 0 Å². The molecule has 5 aromatic heterocycles. The van der Waals surface area contributed by atoms with Crippen molar-refractivity contribution in [2.75, 3.05) is 26.3 Å². The lowest BCUT2D eigenvalue weighted by atomic mass is 10.1. The lowest BCUT2D eigenvalue weighted by molar-refractivity contribution is 0.0296. The predicted molar refractivity (Wildman–Crippen MR) is 149 cm³/mol. The van der Waals surface area contributed by atoms with E-state index in [1.165, 1.54) is 6.07 Å². The number of fused-ring (bicyclic) bond motifs is 2. The van der Waals surface area contributed by atoms with Crippen molar-refractivity contribution in [2.24, 2.45) is 7.05 Å². The molecule has 10 heteroatoms. The van der Waals surface area contributed by atoms with Crippen LogP contribution >= 0.6 is 0 Å². The Hall–Kier alpha value is -4.31. The first-order chi connectivity index (χ1) is 18.9. The fourth-order valence-corrected chi connectivity index (χ4v) is 5.59. The summed E-state index contributed by atoms with van der Waals surface area (Å²) < 4.78 is 9.24. The number of aryl methyl sites for hydroxylation is 4. The Bertz CT molecular complexity index is 1790. The number of aromatic nitrogens is 6. The number of nitrogens with zero attached hydrogens (tertiary/aromatic N) is 6. The Morgan fingerprint density at radius 2 is 1.92 bits per heavy atom. The molecule has 0 saturated carbocycles. The van der Waals surface area contributed by atoms with Crippen molar-refractivity contribution in [2.45, 2.75) is 33.6 Å². The van der Waals surface area contributed by atoms with Gasteiger partial charge >= 0.3 is 0 Å². The minimum atomic E-state index is -0.104. The minimum absolute atomic E-state index is 0.0162. The summed E-state index contributed by atoms with van der Waals surface area (Å²) in [6.45, 7) is 8.34. The van der Waals surface area contributed by atoms with Gasteiger partial charge < -0.3 is 19.2 Å². The molecular formula is C29H31N7O3. The Morgan fingerprint density at radius 1 is 1.13 bits per heavy atom. The lowest BCUT2D eigenvalue weighted by Crippen LogP contribution is -2.41. The number of carbonyl (C=O) groups excluding carboxylic acids is 1. The molecule has 6 heterocycles. The van der Waals surface area contributed by atoms with Gasteiger partial charge in [0.05, 0.1) is 47.4 Å². The number of aromatic amines is 1. The molecule has 0 atom stereocenters. The number of amides is 1. The van der Waals surface area contributed by atoms with Gasteiger partial charge in [-0.2, -0.15) is 5.10 Å². The molecule has 6 rings (SSSR count). The molecule has 0 radical (unpaired) electrons. The molecule has 1 saturated heterocycles. The predicted octanol–water partition coefficient (Wildman–Crippen LogP) is 3.70. The van der Waals surface area contributed by atoms with Gasteiger partial charge in [-0.1, -0.05) is 13.3 Å². The van der Waals surface area contributed by atoms with Gasteiger partial charge in [-0.3, -0.25) is 14.6 Å². The van der Waals surface area contributed by atoms with Crippen LogP contribution in [0.4, 0.5) is 0 Å². The molecule has 1 fully saturated rings. The fraction of sp³-hybridized carbons (Fsp3) is 0.345. The SMILES string of the molecule is CCCc1nc(-n2ncc3c(C)nc(-c4c[nH]ccc4=O)cc32)cc2c1c(C)c(C(=O)N1CCOCC1)n2C. The van der Waals surface area contributed by atoms with Crippen molar-refractivity contribution < 1.29 is 9.53 Å². The van der Waals surface area contributed by atoms with E-state index in [2.05, 4.69) is 22.0 Å². The zero-order chi connectivity index (χ0) is 27.3. The number of pyridine rings is 3. The van der Waals surface area contributed by atoms with Gasteiger partial charge in [0.2, 0.25) is 0 Å². The van der Waals surface area contributed by atoms with E-state index in [4.69, 9.17) is 9.72 Å². The standard InChI is InChI=1S/C29H31N7O3/c1-5-6-21-27-17(2)28(29(38)35-9-11-39-12-10-35)34(4)24(27)14-26(33-21)36-23-13-22(20-15-30-8-7-25(20)37)32-18(3)19(23)16-31-36/h7-8,13-16H,5-6,9-12H2,1-4H3,(H,30,37). The molecule has 5 aromatic rings. The van der Waals surface area contributed by atoms with E-state index in [0.29, 0.717) is 49.1 Å². The van der Waals surface area contributed by atoms with E-state index < -0.39 is 0 Å². The average Bonchev–Trinajstić information content (AvgIpc) is 3.48. The second kappa shape index (κ2) is 9.77. The summed E-state index contributed by atoms with van der Waals surface area (Å²) in [5.41, 5.74) is 6.06. The van der Waals surface area contributed by atoms with Crippen LogP contribution in [-0.2, 0) is 18.2 Å². The Labute approximate surface area is 225 Å². The molecule has 0 bridgehead atoms. The minimum Gasteiger partial charge on any atom is -0.378 e. The number of morpholine rings is 1. The van der Waals surface area contributed by atoms with E-state index in [1.54, 1.807) is 23.3 Å². The number of ether oxygens (including phenoxy) is 1. The van der Waals surface area contributed by atoms with Crippen LogP contribution in [0, 0.1) is 13.8 Å². The molecule has 1 aliphatic heterocycles. The van der Waals surface area contributed by atoms with Crippen molar-refractivity contribution in [3.8, 4) is 17.1 Å². The van der Waals surface area contributed by atoms with Gasteiger partial charge in [0.1, 0.15) is 5.69 Å². The molecule has 0 unspecified atom stereocenters. The van der Waals surface area contributed by atoms with Crippen molar-refractivity contribution in [3.05, 3.63) is 69.7 Å². The van der Waals surface area contributed by atoms with E-state index in [9.17, 15) is 9.59 Å². The number of hydrogen-bond acceptors (Lipinski definition) is 6. The first-order valence-corrected chi connectivity index (χ1v) is 13.3. The summed E-state index contributed by atoms with van der Waals surface area (Å²) >= 11 is 0. The Kier molecular flexibility index (Phi) is 6.26. The quantitative estimate of drug-likeness (QED) is 0.375. The van der Waals surface area contributed by atoms with Crippen LogP contribution < -0.4 is 5.43 Å². The molecule has 0 aromatic carbocycles. The van der Waals surface area contributed by atoms with Crippen LogP contribution in [-0.4, -0.2) is 66.4 Å². The third-order valence-electron chi connectivity index (χ3n) is 7.55. The second-order valence-electron chi connectivity index (χ2n) is 10.0. The maximum Gasteiger partial charge on any atom is 0.270 e. The van der Waals surface area contributed by atoms with Crippen LogP contribution in [0.5, 0.6) is 0 Å². The highest BCUT2D eigenvalue weighted by Crippen LogP contribution is 2.32. The van der Waals surface area contributed by atoms with Crippen LogP contribution in [0.15, 0.2) is 41.6 Å². The number of carbonyl (C=O) groups is 1. The first-order valence-electron chi connectivity index (χ1n) is 13.3. The number of hydrogen-bond donors (Lipinski definition) is 1. The summed E-state index contributed by atoms with van der Waals surface area (Å²) in [6.07, 6.45) is 6.74. The number of rotatable bonds is 5. The van der Waals surface area contributed by atoms with E-state index in [-0.39, 0.29) is 11.3 Å². The highest BCUT2D eigenvalue weighted by atomic mass is 16.5. The summed E-state index contributed by atoms with van der Waals surface area (Å²) in [5, 5.41) is 6.59. The Morgan fingerprint density at radius 3 is 2.67 bits per heavy atom. The highest BCUT2D eigenvalue weighted by molar-refractivity contribution is 6.02. The zero-order valence-corrected chi connectivity index (χ0v) is 22.6. The normalized spacial score (nSPS) is 14.0. The maximum absolute atomic E-state index is 13.6. The molecule has 10 nitrogen and oxygen atoms in total. The maximum atomic E-state index is 13.6. The summed E-state index contributed by atoms with van der Waals surface area (Å²) in [6, 6.07) is 5.37. The van der Waals surface area contributed by atoms with Crippen LogP contribution in [0.2, 0.25) is 0 Å². The van der Waals surface area contributed by atoms with Gasteiger partial charge in [0, 0.05) is 61.1 Å². The fourth-order valence-electron chi connectivity index (χ4n) is 5.59. The van der Waals surface area contributed by atoms with E-state index >= 15 is 0 Å². The van der Waals surface area contributed by atoms with Crippen molar-refractivity contribution in [1.82, 2.24) is 34.2 Å². The zero-order valence-electron chi connectivity index (χ0n) is 22.6. The molecule has 1 aliphatic rings. The highest BCUT2D eigenvalue weighted by Gasteiger charge is 2.27.